The summed E-state index contributed by atoms with van der Waals surface area (Å²) in [5, 5.41) is 3.49. The summed E-state index contributed by atoms with van der Waals surface area (Å²) in [6, 6.07) is 17.8. The molecule has 0 amide bonds. The fraction of sp³-hybridized carbons (Fsp3) is 0.321. The molecular weight excluding hydrogens is 454 g/mol. The van der Waals surface area contributed by atoms with Crippen LogP contribution in [0.1, 0.15) is 45.1 Å². The molecule has 2 aromatic carbocycles. The number of hydrogen-bond acceptors (Lipinski definition) is 7. The standard InChI is InChI=1S/C23H23N5O.C5H10O2/c24-23-22-21(26-15-27-23)20(16-5-4-12-25-13-16)14-28(22)17-8-10-19(11-9-17)29-18-6-2-1-3-7-18;1-5(2,3)7-4-6/h1-3,6-11,14-16,25H,4-5,12-13H2,(H2,24,26,27);4H,1-3H3. The van der Waals surface area contributed by atoms with Gasteiger partial charge < -0.3 is 25.1 Å². The van der Waals surface area contributed by atoms with Gasteiger partial charge in [0.2, 0.25) is 0 Å². The van der Waals surface area contributed by atoms with Crippen molar-refractivity contribution < 1.29 is 14.3 Å². The molecule has 1 unspecified atom stereocenters. The van der Waals surface area contributed by atoms with E-state index in [1.165, 1.54) is 12.0 Å². The van der Waals surface area contributed by atoms with Crippen molar-refractivity contribution in [2.75, 3.05) is 18.8 Å². The van der Waals surface area contributed by atoms with Gasteiger partial charge in [-0.3, -0.25) is 4.79 Å². The summed E-state index contributed by atoms with van der Waals surface area (Å²) >= 11 is 0. The van der Waals surface area contributed by atoms with Gasteiger partial charge in [-0.25, -0.2) is 9.97 Å². The zero-order valence-corrected chi connectivity index (χ0v) is 21.0. The van der Waals surface area contributed by atoms with Gasteiger partial charge >= 0.3 is 0 Å². The first kappa shape index (κ1) is 25.2. The third-order valence-electron chi connectivity index (χ3n) is 5.87. The number of piperidine rings is 1. The highest BCUT2D eigenvalue weighted by Crippen LogP contribution is 2.34. The highest BCUT2D eigenvalue weighted by Gasteiger charge is 2.23. The van der Waals surface area contributed by atoms with Crippen LogP contribution in [0.25, 0.3) is 16.7 Å². The summed E-state index contributed by atoms with van der Waals surface area (Å²) in [7, 11) is 0. The van der Waals surface area contributed by atoms with E-state index >= 15 is 0 Å². The quantitative estimate of drug-likeness (QED) is 0.372. The number of carbonyl (C=O) groups is 1. The lowest BCUT2D eigenvalue weighted by molar-refractivity contribution is -0.138. The van der Waals surface area contributed by atoms with Crippen LogP contribution in [-0.2, 0) is 9.53 Å². The predicted octanol–water partition coefficient (Wildman–Crippen LogP) is 5.22. The van der Waals surface area contributed by atoms with E-state index in [9.17, 15) is 4.79 Å². The Labute approximate surface area is 211 Å². The van der Waals surface area contributed by atoms with E-state index in [0.29, 0.717) is 18.2 Å². The molecule has 1 fully saturated rings. The maximum atomic E-state index is 9.60. The first-order chi connectivity index (χ1) is 17.4. The number of benzene rings is 2. The van der Waals surface area contributed by atoms with Crippen LogP contribution in [0.2, 0.25) is 0 Å². The Kier molecular flexibility index (Phi) is 7.85. The van der Waals surface area contributed by atoms with Crippen LogP contribution < -0.4 is 15.8 Å². The van der Waals surface area contributed by atoms with Gasteiger partial charge in [-0.15, -0.1) is 0 Å². The molecule has 2 aromatic heterocycles. The number of fused-ring (bicyclic) bond motifs is 1. The van der Waals surface area contributed by atoms with Crippen LogP contribution in [0, 0.1) is 0 Å². The largest absolute Gasteiger partial charge is 0.462 e. The van der Waals surface area contributed by atoms with Crippen molar-refractivity contribution in [3.8, 4) is 17.2 Å². The third-order valence-corrected chi connectivity index (χ3v) is 5.87. The first-order valence-electron chi connectivity index (χ1n) is 12.1. The van der Waals surface area contributed by atoms with Crippen molar-refractivity contribution in [1.82, 2.24) is 19.9 Å². The molecule has 3 N–H and O–H groups in total. The van der Waals surface area contributed by atoms with Gasteiger partial charge in [0.15, 0.2) is 5.82 Å². The van der Waals surface area contributed by atoms with E-state index in [2.05, 4.69) is 30.8 Å². The van der Waals surface area contributed by atoms with Crippen molar-refractivity contribution in [2.24, 2.45) is 0 Å². The van der Waals surface area contributed by atoms with Crippen molar-refractivity contribution in [2.45, 2.75) is 45.1 Å². The smallest absolute Gasteiger partial charge is 0.293 e. The Bertz CT molecular complexity index is 1270. The number of rotatable bonds is 5. The summed E-state index contributed by atoms with van der Waals surface area (Å²) < 4.78 is 12.6. The molecule has 1 aliphatic rings. The molecule has 0 bridgehead atoms. The highest BCUT2D eigenvalue weighted by molar-refractivity contribution is 5.90. The van der Waals surface area contributed by atoms with Crippen molar-refractivity contribution in [1.29, 1.82) is 0 Å². The van der Waals surface area contributed by atoms with Crippen LogP contribution >= 0.6 is 0 Å². The van der Waals surface area contributed by atoms with Gasteiger partial charge in [0.05, 0.1) is 5.52 Å². The molecule has 0 spiro atoms. The summed E-state index contributed by atoms with van der Waals surface area (Å²) in [6.07, 6.45) is 6.04. The van der Waals surface area contributed by atoms with E-state index in [0.717, 1.165) is 47.7 Å². The molecule has 3 heterocycles. The number of carbonyl (C=O) groups excluding carboxylic acids is 1. The van der Waals surface area contributed by atoms with Gasteiger partial charge in [0.1, 0.15) is 28.9 Å². The van der Waals surface area contributed by atoms with E-state index in [4.69, 9.17) is 10.5 Å². The maximum Gasteiger partial charge on any atom is 0.293 e. The van der Waals surface area contributed by atoms with Crippen LogP contribution in [0.5, 0.6) is 11.5 Å². The maximum absolute atomic E-state index is 9.60. The second-order valence-electron chi connectivity index (χ2n) is 9.69. The summed E-state index contributed by atoms with van der Waals surface area (Å²) in [5.74, 6) is 2.53. The number of nitrogen functional groups attached to an aromatic ring is 1. The lowest BCUT2D eigenvalue weighted by atomic mass is 9.93. The fourth-order valence-corrected chi connectivity index (χ4v) is 4.17. The van der Waals surface area contributed by atoms with Crippen molar-refractivity contribution >= 4 is 23.3 Å². The van der Waals surface area contributed by atoms with Crippen LogP contribution in [0.4, 0.5) is 5.82 Å². The number of para-hydroxylation sites is 1. The Morgan fingerprint density at radius 1 is 1.06 bits per heavy atom. The normalized spacial score (nSPS) is 15.6. The van der Waals surface area contributed by atoms with Crippen LogP contribution in [0.3, 0.4) is 0 Å². The van der Waals surface area contributed by atoms with Gasteiger partial charge in [0.25, 0.3) is 6.47 Å². The molecule has 4 aromatic rings. The van der Waals surface area contributed by atoms with Gasteiger partial charge in [-0.05, 0) is 76.6 Å². The Morgan fingerprint density at radius 3 is 2.39 bits per heavy atom. The number of nitrogens with one attached hydrogen (secondary N) is 1. The number of hydrogen-bond donors (Lipinski definition) is 2. The molecule has 8 heteroatoms. The minimum Gasteiger partial charge on any atom is -0.462 e. The molecule has 1 aliphatic heterocycles. The molecule has 0 radical (unpaired) electrons. The van der Waals surface area contributed by atoms with Crippen molar-refractivity contribution in [3.63, 3.8) is 0 Å². The SMILES string of the molecule is CC(C)(C)OC=O.Nc1ncnc2c(C3CCCNC3)cn(-c3ccc(Oc4ccccc4)cc3)c12. The number of ether oxygens (including phenoxy) is 2. The van der Waals surface area contributed by atoms with Gasteiger partial charge in [0, 0.05) is 29.9 Å². The van der Waals surface area contributed by atoms with Crippen LogP contribution in [0.15, 0.2) is 67.1 Å². The minimum atomic E-state index is -0.318. The molecule has 5 rings (SSSR count). The average Bonchev–Trinajstić information content (AvgIpc) is 3.26. The van der Waals surface area contributed by atoms with Gasteiger partial charge in [-0.2, -0.15) is 0 Å². The Morgan fingerprint density at radius 2 is 1.78 bits per heavy atom. The number of anilines is 1. The zero-order valence-electron chi connectivity index (χ0n) is 21.0. The first-order valence-corrected chi connectivity index (χ1v) is 12.1. The highest BCUT2D eigenvalue weighted by atomic mass is 16.5. The third kappa shape index (κ3) is 6.20. The molecule has 1 saturated heterocycles. The summed E-state index contributed by atoms with van der Waals surface area (Å²) in [4.78, 5) is 18.4. The van der Waals surface area contributed by atoms with Crippen molar-refractivity contribution in [3.05, 3.63) is 72.7 Å². The lowest BCUT2D eigenvalue weighted by Gasteiger charge is -2.22. The van der Waals surface area contributed by atoms with E-state index in [-0.39, 0.29) is 5.60 Å². The second kappa shape index (κ2) is 11.2. The fourth-order valence-electron chi connectivity index (χ4n) is 4.17. The summed E-state index contributed by atoms with van der Waals surface area (Å²) in [5.41, 5.74) is 9.98. The monoisotopic (exact) mass is 487 g/mol. The molecule has 188 valence electrons. The minimum absolute atomic E-state index is 0.318. The molecule has 1 atom stereocenters. The van der Waals surface area contributed by atoms with Gasteiger partial charge in [-0.1, -0.05) is 18.2 Å². The van der Waals surface area contributed by atoms with E-state index in [1.54, 1.807) is 6.33 Å². The number of nitrogens with two attached hydrogens (primary N) is 1. The lowest BCUT2D eigenvalue weighted by Crippen LogP contribution is -2.28. The Balaban J connectivity index is 0.000000384. The Hall–Kier alpha value is -3.91. The second-order valence-corrected chi connectivity index (χ2v) is 9.69. The molecule has 8 nitrogen and oxygen atoms in total. The topological polar surface area (TPSA) is 104 Å². The van der Waals surface area contributed by atoms with E-state index < -0.39 is 0 Å². The van der Waals surface area contributed by atoms with Crippen LogP contribution in [-0.4, -0.2) is 39.7 Å². The van der Waals surface area contributed by atoms with E-state index in [1.807, 2.05) is 75.4 Å². The molecular formula is C28H33N5O3. The molecule has 36 heavy (non-hydrogen) atoms. The summed E-state index contributed by atoms with van der Waals surface area (Å²) in [6.45, 7) is 7.96. The average molecular weight is 488 g/mol. The number of nitrogens with zero attached hydrogens (tertiary/aromatic N) is 3. The predicted molar refractivity (Wildman–Crippen MR) is 142 cm³/mol. The molecule has 0 saturated carbocycles. The number of aromatic nitrogens is 3. The molecule has 0 aliphatic carbocycles. The zero-order chi connectivity index (χ0) is 25.5.